The van der Waals surface area contributed by atoms with Crippen molar-refractivity contribution >= 4 is 12.1 Å². The summed E-state index contributed by atoms with van der Waals surface area (Å²) in [4.78, 5) is 23.3. The second-order valence-electron chi connectivity index (χ2n) is 6.72. The Morgan fingerprint density at radius 1 is 1.05 bits per heavy atom. The van der Waals surface area contributed by atoms with E-state index in [1.807, 2.05) is 0 Å². The number of hydrogen-bond acceptors (Lipinski definition) is 5. The van der Waals surface area contributed by atoms with Crippen LogP contribution in [0.2, 0.25) is 0 Å². The first kappa shape index (κ1) is 19.4. The first-order valence-electron chi connectivity index (χ1n) is 6.99. The summed E-state index contributed by atoms with van der Waals surface area (Å²) >= 11 is 0. The van der Waals surface area contributed by atoms with E-state index in [1.165, 1.54) is 0 Å². The molecular weight excluding hydrogens is 272 g/mol. The molecule has 0 saturated carbocycles. The van der Waals surface area contributed by atoms with E-state index in [1.54, 1.807) is 47.6 Å². The molecule has 0 radical (unpaired) electrons. The highest BCUT2D eigenvalue weighted by atomic mass is 16.6. The monoisotopic (exact) mass is 300 g/mol. The zero-order valence-corrected chi connectivity index (χ0v) is 13.9. The largest absolute Gasteiger partial charge is 0.460 e. The van der Waals surface area contributed by atoms with Gasteiger partial charge in [-0.1, -0.05) is 6.08 Å². The molecule has 0 atom stereocenters. The molecule has 0 fully saturated rings. The SMILES string of the molecule is CC(C)(C)OC(=O)CC(=CCN)CNC(=O)OC(C)(C)C. The van der Waals surface area contributed by atoms with Gasteiger partial charge in [0.15, 0.2) is 0 Å². The Morgan fingerprint density at radius 2 is 1.57 bits per heavy atom. The number of carbonyl (C=O) groups excluding carboxylic acids is 2. The van der Waals surface area contributed by atoms with E-state index < -0.39 is 17.3 Å². The number of alkyl carbamates (subject to hydrolysis) is 1. The van der Waals surface area contributed by atoms with E-state index in [0.29, 0.717) is 5.57 Å². The van der Waals surface area contributed by atoms with Crippen molar-refractivity contribution in [3.8, 4) is 0 Å². The fourth-order valence-electron chi connectivity index (χ4n) is 1.44. The van der Waals surface area contributed by atoms with Crippen LogP contribution in [0, 0.1) is 0 Å². The lowest BCUT2D eigenvalue weighted by Gasteiger charge is -2.21. The normalized spacial score (nSPS) is 12.8. The molecule has 0 aliphatic heterocycles. The van der Waals surface area contributed by atoms with Crippen molar-refractivity contribution in [1.29, 1.82) is 0 Å². The van der Waals surface area contributed by atoms with Gasteiger partial charge in [-0.2, -0.15) is 0 Å². The van der Waals surface area contributed by atoms with Gasteiger partial charge in [-0.25, -0.2) is 4.79 Å². The van der Waals surface area contributed by atoms with E-state index >= 15 is 0 Å². The fourth-order valence-corrected chi connectivity index (χ4v) is 1.44. The van der Waals surface area contributed by atoms with E-state index in [-0.39, 0.29) is 25.5 Å². The number of hydrogen-bond donors (Lipinski definition) is 2. The van der Waals surface area contributed by atoms with Crippen molar-refractivity contribution in [2.24, 2.45) is 5.73 Å². The van der Waals surface area contributed by atoms with Gasteiger partial charge in [0.05, 0.1) is 6.42 Å². The van der Waals surface area contributed by atoms with Crippen LogP contribution in [-0.4, -0.2) is 36.4 Å². The van der Waals surface area contributed by atoms with Gasteiger partial charge in [0.2, 0.25) is 0 Å². The van der Waals surface area contributed by atoms with Crippen LogP contribution >= 0.6 is 0 Å². The quantitative estimate of drug-likeness (QED) is 0.599. The maximum absolute atomic E-state index is 11.8. The van der Waals surface area contributed by atoms with Crippen LogP contribution in [0.25, 0.3) is 0 Å². The Hall–Kier alpha value is -1.56. The minimum absolute atomic E-state index is 0.0876. The maximum Gasteiger partial charge on any atom is 0.407 e. The van der Waals surface area contributed by atoms with Gasteiger partial charge in [0, 0.05) is 13.1 Å². The van der Waals surface area contributed by atoms with E-state index in [9.17, 15) is 9.59 Å². The summed E-state index contributed by atoms with van der Waals surface area (Å²) in [6.07, 6.45) is 1.25. The summed E-state index contributed by atoms with van der Waals surface area (Å²) in [5, 5.41) is 2.60. The lowest BCUT2D eigenvalue weighted by molar-refractivity contribution is -0.153. The Kier molecular flexibility index (Phi) is 7.43. The predicted molar refractivity (Wildman–Crippen MR) is 81.8 cm³/mol. The van der Waals surface area contributed by atoms with Crippen molar-refractivity contribution in [2.45, 2.75) is 59.2 Å². The molecule has 0 rings (SSSR count). The third-order valence-corrected chi connectivity index (χ3v) is 2.06. The summed E-state index contributed by atoms with van der Waals surface area (Å²) in [5.74, 6) is -0.354. The topological polar surface area (TPSA) is 90.6 Å². The zero-order chi connectivity index (χ0) is 16.7. The summed E-state index contributed by atoms with van der Waals surface area (Å²) in [5.41, 5.74) is 5.06. The van der Waals surface area contributed by atoms with Gasteiger partial charge in [0.1, 0.15) is 11.2 Å². The standard InChI is InChI=1S/C15H28N2O4/c1-14(2,3)20-12(18)9-11(7-8-16)10-17-13(19)21-15(4,5)6/h7H,8-10,16H2,1-6H3,(H,17,19). The van der Waals surface area contributed by atoms with E-state index in [2.05, 4.69) is 5.32 Å². The molecule has 0 unspecified atom stereocenters. The van der Waals surface area contributed by atoms with Gasteiger partial charge in [-0.3, -0.25) is 4.79 Å². The average Bonchev–Trinajstić information content (AvgIpc) is 2.21. The van der Waals surface area contributed by atoms with Gasteiger partial charge in [-0.05, 0) is 47.1 Å². The number of nitrogens with two attached hydrogens (primary N) is 1. The Balaban J connectivity index is 4.43. The van der Waals surface area contributed by atoms with E-state index in [4.69, 9.17) is 15.2 Å². The third kappa shape index (κ3) is 11.9. The van der Waals surface area contributed by atoms with Crippen molar-refractivity contribution in [3.05, 3.63) is 11.6 Å². The van der Waals surface area contributed by atoms with E-state index in [0.717, 1.165) is 0 Å². The molecule has 0 aromatic heterocycles. The molecule has 0 saturated heterocycles. The predicted octanol–water partition coefficient (Wildman–Crippen LogP) is 2.13. The van der Waals surface area contributed by atoms with Crippen LogP contribution in [0.5, 0.6) is 0 Å². The third-order valence-electron chi connectivity index (χ3n) is 2.06. The van der Waals surface area contributed by atoms with Crippen LogP contribution in [0.3, 0.4) is 0 Å². The molecule has 0 aromatic rings. The van der Waals surface area contributed by atoms with Crippen LogP contribution < -0.4 is 11.1 Å². The molecule has 122 valence electrons. The Morgan fingerprint density at radius 3 is 2.00 bits per heavy atom. The number of carbonyl (C=O) groups is 2. The molecule has 3 N–H and O–H groups in total. The van der Waals surface area contributed by atoms with Crippen LogP contribution in [-0.2, 0) is 14.3 Å². The molecule has 21 heavy (non-hydrogen) atoms. The number of amides is 1. The summed E-state index contributed by atoms with van der Waals surface area (Å²) in [7, 11) is 0. The minimum atomic E-state index is -0.563. The van der Waals surface area contributed by atoms with Crippen LogP contribution in [0.1, 0.15) is 48.0 Å². The first-order valence-corrected chi connectivity index (χ1v) is 6.99. The lowest BCUT2D eigenvalue weighted by atomic mass is 10.1. The highest BCUT2D eigenvalue weighted by Crippen LogP contribution is 2.11. The summed E-state index contributed by atoms with van der Waals surface area (Å²) in [6, 6.07) is 0. The molecule has 6 heteroatoms. The fraction of sp³-hybridized carbons (Fsp3) is 0.733. The molecule has 0 aliphatic carbocycles. The number of rotatable bonds is 5. The van der Waals surface area contributed by atoms with Gasteiger partial charge in [0.25, 0.3) is 0 Å². The number of esters is 1. The van der Waals surface area contributed by atoms with Gasteiger partial charge < -0.3 is 20.5 Å². The first-order chi connectivity index (χ1) is 9.43. The molecule has 1 amide bonds. The zero-order valence-electron chi connectivity index (χ0n) is 13.9. The molecule has 0 aliphatic rings. The minimum Gasteiger partial charge on any atom is -0.460 e. The highest BCUT2D eigenvalue weighted by molar-refractivity contribution is 5.73. The number of ether oxygens (including phenoxy) is 2. The Bertz CT molecular complexity index is 389. The lowest BCUT2D eigenvalue weighted by Crippen LogP contribution is -2.34. The summed E-state index contributed by atoms with van der Waals surface area (Å²) < 4.78 is 10.4. The second kappa shape index (κ2) is 8.02. The molecular formula is C15H28N2O4. The molecule has 0 bridgehead atoms. The highest BCUT2D eigenvalue weighted by Gasteiger charge is 2.19. The van der Waals surface area contributed by atoms with Crippen molar-refractivity contribution in [3.63, 3.8) is 0 Å². The number of nitrogens with one attached hydrogen (secondary N) is 1. The second-order valence-corrected chi connectivity index (χ2v) is 6.72. The molecule has 0 heterocycles. The van der Waals surface area contributed by atoms with Crippen LogP contribution in [0.15, 0.2) is 11.6 Å². The van der Waals surface area contributed by atoms with Crippen molar-refractivity contribution in [1.82, 2.24) is 5.32 Å². The van der Waals surface area contributed by atoms with Gasteiger partial charge in [-0.15, -0.1) is 0 Å². The van der Waals surface area contributed by atoms with Crippen LogP contribution in [0.4, 0.5) is 4.79 Å². The molecule has 0 aromatic carbocycles. The van der Waals surface area contributed by atoms with Crippen molar-refractivity contribution < 1.29 is 19.1 Å². The van der Waals surface area contributed by atoms with Crippen molar-refractivity contribution in [2.75, 3.05) is 13.1 Å². The maximum atomic E-state index is 11.8. The summed E-state index contributed by atoms with van der Waals surface area (Å²) in [6.45, 7) is 11.2. The molecule has 6 nitrogen and oxygen atoms in total. The van der Waals surface area contributed by atoms with Gasteiger partial charge >= 0.3 is 12.1 Å². The Labute approximate surface area is 127 Å². The smallest absolute Gasteiger partial charge is 0.407 e. The average molecular weight is 300 g/mol. The molecule has 0 spiro atoms.